The molecule has 2 N–H and O–H groups in total. The minimum absolute atomic E-state index is 0.0417. The zero-order valence-corrected chi connectivity index (χ0v) is 15.9. The number of nitrogens with one attached hydrogen (secondary N) is 2. The van der Waals surface area contributed by atoms with Crippen LogP contribution in [0.2, 0.25) is 0 Å². The first-order valence-corrected chi connectivity index (χ1v) is 9.38. The molecule has 3 aromatic rings. The van der Waals surface area contributed by atoms with E-state index in [0.717, 1.165) is 16.8 Å². The molecule has 3 aromatic carbocycles. The summed E-state index contributed by atoms with van der Waals surface area (Å²) in [5, 5.41) is 6.46. The summed E-state index contributed by atoms with van der Waals surface area (Å²) in [7, 11) is 0. The zero-order chi connectivity index (χ0) is 19.1. The Hall–Kier alpha value is -2.91. The lowest BCUT2D eigenvalue weighted by Gasteiger charge is -2.23. The summed E-state index contributed by atoms with van der Waals surface area (Å²) in [5.74, 6) is 0.344. The van der Waals surface area contributed by atoms with E-state index < -0.39 is 0 Å². The second-order valence-electron chi connectivity index (χ2n) is 6.97. The van der Waals surface area contributed by atoms with Gasteiger partial charge in [-0.3, -0.25) is 4.79 Å². The first-order chi connectivity index (χ1) is 13.1. The lowest BCUT2D eigenvalue weighted by atomic mass is 9.96. The molecule has 0 fully saturated rings. The molecule has 0 saturated heterocycles. The summed E-state index contributed by atoms with van der Waals surface area (Å²) in [6, 6.07) is 28.4. The second kappa shape index (κ2) is 9.15. The summed E-state index contributed by atoms with van der Waals surface area (Å²) < 4.78 is 0. The first-order valence-electron chi connectivity index (χ1n) is 9.38. The molecule has 3 heteroatoms. The number of amides is 1. The molecule has 0 aliphatic rings. The molecule has 0 aliphatic carbocycles. The number of para-hydroxylation sites is 1. The third kappa shape index (κ3) is 5.05. The Balaban J connectivity index is 1.68. The van der Waals surface area contributed by atoms with Gasteiger partial charge < -0.3 is 10.6 Å². The lowest BCUT2D eigenvalue weighted by Crippen LogP contribution is -2.33. The third-order valence-corrected chi connectivity index (χ3v) is 4.59. The van der Waals surface area contributed by atoms with Gasteiger partial charge in [0.15, 0.2) is 0 Å². The Morgan fingerprint density at radius 2 is 1.41 bits per heavy atom. The molecule has 3 rings (SSSR count). The normalized spacial score (nSPS) is 12.0. The summed E-state index contributed by atoms with van der Waals surface area (Å²) in [6.07, 6.45) is 0. The average molecular weight is 358 g/mol. The van der Waals surface area contributed by atoms with E-state index in [9.17, 15) is 4.79 Å². The van der Waals surface area contributed by atoms with Gasteiger partial charge in [-0.1, -0.05) is 92.7 Å². The van der Waals surface area contributed by atoms with E-state index in [1.807, 2.05) is 72.8 Å². The van der Waals surface area contributed by atoms with Crippen molar-refractivity contribution in [1.82, 2.24) is 5.32 Å². The van der Waals surface area contributed by atoms with Crippen LogP contribution in [0.25, 0.3) is 11.1 Å². The Morgan fingerprint density at radius 1 is 0.815 bits per heavy atom. The van der Waals surface area contributed by atoms with Crippen molar-refractivity contribution in [2.45, 2.75) is 19.9 Å². The van der Waals surface area contributed by atoms with Gasteiger partial charge in [0, 0.05) is 17.3 Å². The largest absolute Gasteiger partial charge is 0.324 e. The molecule has 0 heterocycles. The van der Waals surface area contributed by atoms with Crippen LogP contribution in [0.4, 0.5) is 5.69 Å². The van der Waals surface area contributed by atoms with Gasteiger partial charge in [-0.25, -0.2) is 0 Å². The van der Waals surface area contributed by atoms with Crippen LogP contribution in [0.15, 0.2) is 84.9 Å². The quantitative estimate of drug-likeness (QED) is 0.603. The zero-order valence-electron chi connectivity index (χ0n) is 15.9. The summed E-state index contributed by atoms with van der Waals surface area (Å²) in [5.41, 5.74) is 4.14. The highest BCUT2D eigenvalue weighted by Crippen LogP contribution is 2.27. The second-order valence-corrected chi connectivity index (χ2v) is 6.97. The van der Waals surface area contributed by atoms with Gasteiger partial charge in [0.2, 0.25) is 5.91 Å². The summed E-state index contributed by atoms with van der Waals surface area (Å²) in [6.45, 7) is 4.58. The Bertz CT molecular complexity index is 860. The van der Waals surface area contributed by atoms with E-state index in [4.69, 9.17) is 0 Å². The van der Waals surface area contributed by atoms with Gasteiger partial charge in [-0.2, -0.15) is 0 Å². The number of rotatable bonds is 7. The summed E-state index contributed by atoms with van der Waals surface area (Å²) in [4.78, 5) is 12.6. The van der Waals surface area contributed by atoms with Crippen molar-refractivity contribution in [1.29, 1.82) is 0 Å². The van der Waals surface area contributed by atoms with Gasteiger partial charge in [-0.05, 0) is 23.1 Å². The SMILES string of the molecule is CC(C)[C@@H](NCC(=O)Nc1ccccc1-c1ccccc1)c1ccccc1. The van der Waals surface area contributed by atoms with Crippen LogP contribution >= 0.6 is 0 Å². The van der Waals surface area contributed by atoms with Crippen molar-refractivity contribution >= 4 is 11.6 Å². The van der Waals surface area contributed by atoms with Crippen molar-refractivity contribution in [2.75, 3.05) is 11.9 Å². The van der Waals surface area contributed by atoms with Crippen LogP contribution < -0.4 is 10.6 Å². The fraction of sp³-hybridized carbons (Fsp3) is 0.208. The van der Waals surface area contributed by atoms with Crippen molar-refractivity contribution in [3.8, 4) is 11.1 Å². The maximum absolute atomic E-state index is 12.6. The highest BCUT2D eigenvalue weighted by Gasteiger charge is 2.16. The maximum atomic E-state index is 12.6. The molecule has 0 bridgehead atoms. The number of anilines is 1. The molecule has 3 nitrogen and oxygen atoms in total. The van der Waals surface area contributed by atoms with Crippen molar-refractivity contribution in [2.24, 2.45) is 5.92 Å². The standard InChI is InChI=1S/C24H26N2O/c1-18(2)24(20-13-7-4-8-14-20)25-17-23(27)26-22-16-10-9-15-21(22)19-11-5-3-6-12-19/h3-16,18,24-25H,17H2,1-2H3,(H,26,27)/t24-/m1/s1. The Labute approximate surface area is 161 Å². The van der Waals surface area contributed by atoms with Crippen LogP contribution in [0.3, 0.4) is 0 Å². The molecule has 1 amide bonds. The highest BCUT2D eigenvalue weighted by molar-refractivity contribution is 5.96. The highest BCUT2D eigenvalue weighted by atomic mass is 16.1. The monoisotopic (exact) mass is 358 g/mol. The van der Waals surface area contributed by atoms with Crippen LogP contribution in [-0.2, 0) is 4.79 Å². The van der Waals surface area contributed by atoms with Crippen molar-refractivity contribution < 1.29 is 4.79 Å². The van der Waals surface area contributed by atoms with Gasteiger partial charge in [0.1, 0.15) is 0 Å². The third-order valence-electron chi connectivity index (χ3n) is 4.59. The molecule has 0 saturated carbocycles. The smallest absolute Gasteiger partial charge is 0.238 e. The van der Waals surface area contributed by atoms with E-state index in [1.54, 1.807) is 0 Å². The molecule has 138 valence electrons. The van der Waals surface area contributed by atoms with Gasteiger partial charge in [0.05, 0.1) is 6.54 Å². The number of hydrogen-bond donors (Lipinski definition) is 2. The molecule has 27 heavy (non-hydrogen) atoms. The van der Waals surface area contributed by atoms with Crippen LogP contribution in [0.1, 0.15) is 25.5 Å². The number of carbonyl (C=O) groups excluding carboxylic acids is 1. The van der Waals surface area contributed by atoms with E-state index in [2.05, 4.69) is 36.6 Å². The number of benzene rings is 3. The van der Waals surface area contributed by atoms with E-state index >= 15 is 0 Å². The predicted octanol–water partition coefficient (Wildman–Crippen LogP) is 5.28. The fourth-order valence-electron chi connectivity index (χ4n) is 3.26. The predicted molar refractivity (Wildman–Crippen MR) is 113 cm³/mol. The molecule has 0 spiro atoms. The van der Waals surface area contributed by atoms with Crippen LogP contribution in [-0.4, -0.2) is 12.5 Å². The van der Waals surface area contributed by atoms with Crippen LogP contribution in [0.5, 0.6) is 0 Å². The molecule has 0 aliphatic heterocycles. The van der Waals surface area contributed by atoms with Crippen LogP contribution in [0, 0.1) is 5.92 Å². The maximum Gasteiger partial charge on any atom is 0.238 e. The Kier molecular flexibility index (Phi) is 6.39. The van der Waals surface area contributed by atoms with Gasteiger partial charge in [-0.15, -0.1) is 0 Å². The molecule has 1 atom stereocenters. The van der Waals surface area contributed by atoms with Gasteiger partial charge in [0.25, 0.3) is 0 Å². The minimum Gasteiger partial charge on any atom is -0.324 e. The molecule has 0 aromatic heterocycles. The Morgan fingerprint density at radius 3 is 2.07 bits per heavy atom. The molecule has 0 radical (unpaired) electrons. The molecular weight excluding hydrogens is 332 g/mol. The molecule has 0 unspecified atom stereocenters. The summed E-state index contributed by atoms with van der Waals surface area (Å²) >= 11 is 0. The minimum atomic E-state index is -0.0417. The van der Waals surface area contributed by atoms with E-state index in [-0.39, 0.29) is 18.5 Å². The number of hydrogen-bond acceptors (Lipinski definition) is 2. The average Bonchev–Trinajstić information content (AvgIpc) is 2.70. The first kappa shape index (κ1) is 18.9. The molecular formula is C24H26N2O. The topological polar surface area (TPSA) is 41.1 Å². The lowest BCUT2D eigenvalue weighted by molar-refractivity contribution is -0.115. The van der Waals surface area contributed by atoms with Gasteiger partial charge >= 0.3 is 0 Å². The fourth-order valence-corrected chi connectivity index (χ4v) is 3.26. The van der Waals surface area contributed by atoms with Crippen molar-refractivity contribution in [3.63, 3.8) is 0 Å². The van der Waals surface area contributed by atoms with Crippen molar-refractivity contribution in [3.05, 3.63) is 90.5 Å². The number of carbonyl (C=O) groups is 1. The van der Waals surface area contributed by atoms with E-state index in [1.165, 1.54) is 5.56 Å². The van der Waals surface area contributed by atoms with E-state index in [0.29, 0.717) is 5.92 Å².